The van der Waals surface area contributed by atoms with Crippen LogP contribution in [0.25, 0.3) is 0 Å². The molecule has 0 aliphatic rings. The normalized spacial score (nSPS) is 14.6. The van der Waals surface area contributed by atoms with E-state index in [1.165, 1.54) is 148 Å². The fraction of sp³-hybridized carbons (Fsp3) is 0.776. The van der Waals surface area contributed by atoms with Gasteiger partial charge in [0.15, 0.2) is 0 Å². The number of hydrogen-bond acceptors (Lipinski definition) is 6. The van der Waals surface area contributed by atoms with Gasteiger partial charge in [0, 0.05) is 6.42 Å². The molecule has 9 heteroatoms. The molecule has 0 aromatic carbocycles. The molecule has 0 aliphatic carbocycles. The zero-order chi connectivity index (χ0) is 49.2. The Balaban J connectivity index is 4.31. The highest BCUT2D eigenvalue weighted by molar-refractivity contribution is 7.45. The molecule has 0 bridgehead atoms. The number of nitrogens with one attached hydrogen (secondary N) is 1. The molecule has 3 atom stereocenters. The van der Waals surface area contributed by atoms with Crippen molar-refractivity contribution in [3.8, 4) is 0 Å². The molecule has 8 nitrogen and oxygen atoms in total. The van der Waals surface area contributed by atoms with Crippen molar-refractivity contribution < 1.29 is 32.9 Å². The molecule has 3 unspecified atom stereocenters. The minimum absolute atomic E-state index is 0.00991. The number of rotatable bonds is 50. The monoisotopic (exact) mass is 959 g/mol. The molecular weight excluding hydrogens is 852 g/mol. The molecule has 0 saturated heterocycles. The zero-order valence-corrected chi connectivity index (χ0v) is 45.2. The Morgan fingerprint density at radius 1 is 0.537 bits per heavy atom. The Labute approximate surface area is 414 Å². The summed E-state index contributed by atoms with van der Waals surface area (Å²) < 4.78 is 23.3. The molecule has 0 aromatic rings. The van der Waals surface area contributed by atoms with Gasteiger partial charge in [-0.15, -0.1) is 0 Å². The van der Waals surface area contributed by atoms with Crippen LogP contribution in [0.5, 0.6) is 0 Å². The van der Waals surface area contributed by atoms with Crippen LogP contribution in [0.15, 0.2) is 72.9 Å². The quantitative estimate of drug-likeness (QED) is 0.0272. The highest BCUT2D eigenvalue weighted by Crippen LogP contribution is 2.38. The summed E-state index contributed by atoms with van der Waals surface area (Å²) >= 11 is 0. The average molecular weight is 959 g/mol. The molecule has 67 heavy (non-hydrogen) atoms. The van der Waals surface area contributed by atoms with Crippen LogP contribution in [0.3, 0.4) is 0 Å². The highest BCUT2D eigenvalue weighted by Gasteiger charge is 2.23. The van der Waals surface area contributed by atoms with Crippen LogP contribution in [-0.2, 0) is 18.4 Å². The first-order chi connectivity index (χ1) is 32.5. The smallest absolute Gasteiger partial charge is 0.268 e. The number of nitrogens with zero attached hydrogens (tertiary/aromatic N) is 1. The Bertz CT molecular complexity index is 1320. The molecular formula is C58H107N2O6P. The first kappa shape index (κ1) is 64.9. The summed E-state index contributed by atoms with van der Waals surface area (Å²) in [5.74, 6) is -0.213. The van der Waals surface area contributed by atoms with Crippen molar-refractivity contribution in [1.82, 2.24) is 5.32 Å². The number of amides is 1. The predicted molar refractivity (Wildman–Crippen MR) is 288 cm³/mol. The van der Waals surface area contributed by atoms with Crippen LogP contribution in [-0.4, -0.2) is 68.5 Å². The lowest BCUT2D eigenvalue weighted by Crippen LogP contribution is -2.45. The molecule has 1 amide bonds. The largest absolute Gasteiger partial charge is 0.756 e. The third-order valence-electron chi connectivity index (χ3n) is 12.2. The van der Waals surface area contributed by atoms with Crippen molar-refractivity contribution in [1.29, 1.82) is 0 Å². The average Bonchev–Trinajstić information content (AvgIpc) is 3.29. The fourth-order valence-corrected chi connectivity index (χ4v) is 8.53. The number of aliphatic hydroxyl groups is 1. The Kier molecular flexibility index (Phi) is 47.4. The Hall–Kier alpha value is -2.06. The third kappa shape index (κ3) is 51.6. The number of allylic oxidation sites excluding steroid dienone is 11. The molecule has 0 spiro atoms. The van der Waals surface area contributed by atoms with E-state index in [1.54, 1.807) is 6.08 Å². The van der Waals surface area contributed by atoms with Crippen LogP contribution >= 0.6 is 7.82 Å². The number of hydrogen-bond donors (Lipinski definition) is 2. The Morgan fingerprint density at radius 2 is 0.925 bits per heavy atom. The van der Waals surface area contributed by atoms with Gasteiger partial charge in [-0.05, 0) is 70.6 Å². The van der Waals surface area contributed by atoms with Crippen LogP contribution in [0, 0.1) is 0 Å². The second-order valence-corrected chi connectivity index (χ2v) is 21.3. The van der Waals surface area contributed by atoms with Gasteiger partial charge in [0.05, 0.1) is 39.9 Å². The van der Waals surface area contributed by atoms with Gasteiger partial charge in [-0.2, -0.15) is 0 Å². The standard InChI is InChI=1S/C58H107N2O6P/c1-6-8-10-12-14-16-18-20-22-24-26-28-30-32-34-36-38-40-42-44-46-48-50-52-58(62)59-56(55-66-67(63,64)65-54-53-60(3,4)5)57(61)51-49-47-45-43-41-39-37-35-33-31-29-27-25-23-21-19-17-15-13-11-9-7-2/h8,10,14,16,20,22,26,28,41,43,49,51,56-57,61H,6-7,9,11-13,15,17-19,21,23-25,27,29-40,42,44-48,50,52-55H2,1-5H3,(H-,59,62,63,64)/b10-8-,16-14-,22-20-,28-26-,43-41+,51-49+. The Morgan fingerprint density at radius 3 is 1.39 bits per heavy atom. The number of quaternary nitrogens is 1. The molecule has 2 N–H and O–H groups in total. The summed E-state index contributed by atoms with van der Waals surface area (Å²) in [5.41, 5.74) is 0. The first-order valence-corrected chi connectivity index (χ1v) is 29.3. The number of unbranched alkanes of at least 4 members (excludes halogenated alkanes) is 27. The lowest BCUT2D eigenvalue weighted by Gasteiger charge is -2.29. The zero-order valence-electron chi connectivity index (χ0n) is 44.3. The summed E-state index contributed by atoms with van der Waals surface area (Å²) in [6, 6.07) is -0.910. The SMILES string of the molecule is CC/C=C\C/C=C\C/C=C\C/C=C\CCCCCCCCCCCCC(=O)NC(COP(=O)([O-])OCC[N+](C)(C)C)C(O)/C=C/CC/C=C/CCCCCCCCCCCCCCCCCC. The van der Waals surface area contributed by atoms with Gasteiger partial charge in [0.25, 0.3) is 7.82 Å². The molecule has 0 rings (SSSR count). The third-order valence-corrected chi connectivity index (χ3v) is 13.1. The van der Waals surface area contributed by atoms with E-state index in [9.17, 15) is 19.4 Å². The number of aliphatic hydroxyl groups excluding tert-OH is 1. The summed E-state index contributed by atoms with van der Waals surface area (Å²) in [5, 5.41) is 13.9. The van der Waals surface area contributed by atoms with Gasteiger partial charge in [-0.3, -0.25) is 9.36 Å². The van der Waals surface area contributed by atoms with E-state index in [2.05, 4.69) is 79.9 Å². The van der Waals surface area contributed by atoms with Gasteiger partial charge in [-0.1, -0.05) is 234 Å². The van der Waals surface area contributed by atoms with E-state index < -0.39 is 26.6 Å². The molecule has 0 saturated carbocycles. The van der Waals surface area contributed by atoms with Crippen LogP contribution in [0.4, 0.5) is 0 Å². The minimum atomic E-state index is -4.61. The molecule has 0 aliphatic heterocycles. The van der Waals surface area contributed by atoms with Crippen molar-refractivity contribution in [2.24, 2.45) is 0 Å². The maximum absolute atomic E-state index is 13.0. The van der Waals surface area contributed by atoms with E-state index in [1.807, 2.05) is 27.2 Å². The summed E-state index contributed by atoms with van der Waals surface area (Å²) in [6.07, 6.45) is 66.9. The number of likely N-dealkylation sites (N-methyl/N-ethyl adjacent to an activating group) is 1. The van der Waals surface area contributed by atoms with Gasteiger partial charge in [0.2, 0.25) is 5.91 Å². The second-order valence-electron chi connectivity index (χ2n) is 19.9. The molecule has 0 radical (unpaired) electrons. The van der Waals surface area contributed by atoms with Crippen molar-refractivity contribution in [2.45, 2.75) is 251 Å². The van der Waals surface area contributed by atoms with Crippen molar-refractivity contribution >= 4 is 13.7 Å². The van der Waals surface area contributed by atoms with Crippen LogP contribution in [0.1, 0.15) is 239 Å². The van der Waals surface area contributed by atoms with Gasteiger partial charge in [-0.25, -0.2) is 0 Å². The number of carbonyl (C=O) groups is 1. The van der Waals surface area contributed by atoms with E-state index in [0.29, 0.717) is 17.4 Å². The maximum Gasteiger partial charge on any atom is 0.268 e. The van der Waals surface area contributed by atoms with E-state index in [0.717, 1.165) is 70.6 Å². The van der Waals surface area contributed by atoms with Crippen molar-refractivity contribution in [2.75, 3.05) is 40.9 Å². The lowest BCUT2D eigenvalue weighted by molar-refractivity contribution is -0.870. The lowest BCUT2D eigenvalue weighted by atomic mass is 10.0. The fourth-order valence-electron chi connectivity index (χ4n) is 7.81. The van der Waals surface area contributed by atoms with Crippen molar-refractivity contribution in [3.63, 3.8) is 0 Å². The summed E-state index contributed by atoms with van der Waals surface area (Å²) in [7, 11) is 1.24. The van der Waals surface area contributed by atoms with E-state index in [4.69, 9.17) is 9.05 Å². The first-order valence-electron chi connectivity index (χ1n) is 27.8. The van der Waals surface area contributed by atoms with Crippen LogP contribution < -0.4 is 10.2 Å². The van der Waals surface area contributed by atoms with Crippen molar-refractivity contribution in [3.05, 3.63) is 72.9 Å². The molecule has 390 valence electrons. The minimum Gasteiger partial charge on any atom is -0.756 e. The van der Waals surface area contributed by atoms with E-state index in [-0.39, 0.29) is 12.5 Å². The molecule has 0 heterocycles. The number of phosphoric ester groups is 1. The number of carbonyl (C=O) groups excluding carboxylic acids is 1. The van der Waals surface area contributed by atoms with Gasteiger partial charge in [0.1, 0.15) is 13.2 Å². The molecule has 0 aromatic heterocycles. The van der Waals surface area contributed by atoms with Crippen LogP contribution in [0.2, 0.25) is 0 Å². The summed E-state index contributed by atoms with van der Waals surface area (Å²) in [6.45, 7) is 4.53. The van der Waals surface area contributed by atoms with Gasteiger partial charge < -0.3 is 28.8 Å². The predicted octanol–water partition coefficient (Wildman–Crippen LogP) is 16.1. The topological polar surface area (TPSA) is 108 Å². The molecule has 0 fully saturated rings. The van der Waals surface area contributed by atoms with E-state index >= 15 is 0 Å². The van der Waals surface area contributed by atoms with Gasteiger partial charge >= 0.3 is 0 Å². The maximum atomic E-state index is 13.0. The second kappa shape index (κ2) is 48.9. The summed E-state index contributed by atoms with van der Waals surface area (Å²) in [4.78, 5) is 25.5. The number of phosphoric acid groups is 1. The highest BCUT2D eigenvalue weighted by atomic mass is 31.2.